The van der Waals surface area contributed by atoms with Crippen LogP contribution in [0.2, 0.25) is 0 Å². The molecule has 236 valence electrons. The summed E-state index contributed by atoms with van der Waals surface area (Å²) in [6.07, 6.45) is 9.54. The molecule has 45 heavy (non-hydrogen) atoms. The van der Waals surface area contributed by atoms with Crippen LogP contribution in [0.1, 0.15) is 56.1 Å². The molecule has 0 radical (unpaired) electrons. The van der Waals surface area contributed by atoms with Gasteiger partial charge < -0.3 is 20.1 Å². The number of benzene rings is 2. The van der Waals surface area contributed by atoms with Crippen LogP contribution in [0, 0.1) is 23.6 Å². The Balaban J connectivity index is 0.951. The number of nitrogens with zero attached hydrogens (tertiary/aromatic N) is 2. The zero-order valence-electron chi connectivity index (χ0n) is 25.7. The maximum Gasteiger partial charge on any atom is 0.223 e. The van der Waals surface area contributed by atoms with Crippen molar-refractivity contribution in [2.24, 2.45) is 17.8 Å². The zero-order chi connectivity index (χ0) is 30.6. The Hall–Kier alpha value is -3.40. The van der Waals surface area contributed by atoms with Gasteiger partial charge in [-0.1, -0.05) is 37.8 Å². The lowest BCUT2D eigenvalue weighted by atomic mass is 9.67. The molecule has 4 aromatic rings. The first kappa shape index (κ1) is 30.3. The van der Waals surface area contributed by atoms with Crippen LogP contribution in [0.15, 0.2) is 47.8 Å². The molecule has 0 saturated heterocycles. The standard InChI is InChI=1S/C36H41FN4O3S/c37-29-9-10-30(34-35-31(12-18-45-35)33(40-41-34)26-6-8-28-22-38-13-11-25(28)19-26)32(21-29)44-17-16-43-15-14-39-36(42)27-7-5-23-3-1-2-4-24(23)20-27/h6,8-10,12,18-19,21,23-24,27,38H,1-5,7,11,13-17,20,22H2,(H,39,42). The van der Waals surface area contributed by atoms with Gasteiger partial charge in [-0.2, -0.15) is 0 Å². The molecule has 2 saturated carbocycles. The lowest BCUT2D eigenvalue weighted by Crippen LogP contribution is -2.38. The van der Waals surface area contributed by atoms with Crippen LogP contribution in [-0.4, -0.2) is 49.0 Å². The summed E-state index contributed by atoms with van der Waals surface area (Å²) in [4.78, 5) is 12.7. The van der Waals surface area contributed by atoms with Gasteiger partial charge in [0.1, 0.15) is 29.6 Å². The molecule has 2 aromatic carbocycles. The predicted molar refractivity (Wildman–Crippen MR) is 176 cm³/mol. The minimum absolute atomic E-state index is 0.140. The van der Waals surface area contributed by atoms with Crippen LogP contribution in [-0.2, 0) is 22.5 Å². The molecule has 0 spiro atoms. The van der Waals surface area contributed by atoms with Gasteiger partial charge in [-0.3, -0.25) is 4.79 Å². The molecule has 1 amide bonds. The summed E-state index contributed by atoms with van der Waals surface area (Å²) in [5, 5.41) is 18.9. The molecule has 2 aromatic heterocycles. The molecule has 1 aliphatic heterocycles. The fourth-order valence-corrected chi connectivity index (χ4v) is 8.41. The predicted octanol–water partition coefficient (Wildman–Crippen LogP) is 6.93. The van der Waals surface area contributed by atoms with E-state index in [0.29, 0.717) is 36.8 Å². The summed E-state index contributed by atoms with van der Waals surface area (Å²) in [5.74, 6) is 1.90. The van der Waals surface area contributed by atoms with E-state index >= 15 is 0 Å². The Morgan fingerprint density at radius 3 is 2.78 bits per heavy atom. The summed E-state index contributed by atoms with van der Waals surface area (Å²) >= 11 is 1.59. The lowest BCUT2D eigenvalue weighted by Gasteiger charge is -2.38. The minimum atomic E-state index is -0.379. The molecular weight excluding hydrogens is 587 g/mol. The fourth-order valence-electron chi connectivity index (χ4n) is 7.52. The van der Waals surface area contributed by atoms with Crippen molar-refractivity contribution < 1.29 is 18.7 Å². The van der Waals surface area contributed by atoms with Gasteiger partial charge in [0.2, 0.25) is 5.91 Å². The Morgan fingerprint density at radius 2 is 1.84 bits per heavy atom. The molecule has 7 rings (SSSR count). The normalized spacial score (nSPS) is 21.2. The molecule has 3 aliphatic rings. The first-order valence-corrected chi connectivity index (χ1v) is 17.4. The summed E-state index contributed by atoms with van der Waals surface area (Å²) in [6.45, 7) is 3.33. The van der Waals surface area contributed by atoms with Crippen LogP contribution in [0.3, 0.4) is 0 Å². The third-order valence-electron chi connectivity index (χ3n) is 9.89. The summed E-state index contributed by atoms with van der Waals surface area (Å²) in [7, 11) is 0. The van der Waals surface area contributed by atoms with Crippen molar-refractivity contribution in [3.63, 3.8) is 0 Å². The van der Waals surface area contributed by atoms with Crippen molar-refractivity contribution in [3.8, 4) is 28.3 Å². The average molecular weight is 629 g/mol. The summed E-state index contributed by atoms with van der Waals surface area (Å²) < 4.78 is 27.1. The number of aromatic nitrogens is 2. The van der Waals surface area contributed by atoms with E-state index < -0.39 is 0 Å². The van der Waals surface area contributed by atoms with E-state index in [4.69, 9.17) is 9.47 Å². The van der Waals surface area contributed by atoms with E-state index in [1.165, 1.54) is 55.4 Å². The second-order valence-electron chi connectivity index (χ2n) is 12.7. The number of rotatable bonds is 10. The number of nitrogens with one attached hydrogen (secondary N) is 2. The summed E-state index contributed by atoms with van der Waals surface area (Å²) in [6, 6.07) is 13.1. The second-order valence-corrected chi connectivity index (χ2v) is 13.6. The highest BCUT2D eigenvalue weighted by molar-refractivity contribution is 7.17. The first-order chi connectivity index (χ1) is 22.1. The average Bonchev–Trinajstić information content (AvgIpc) is 3.57. The van der Waals surface area contributed by atoms with Gasteiger partial charge in [0.25, 0.3) is 0 Å². The van der Waals surface area contributed by atoms with Crippen molar-refractivity contribution in [2.75, 3.05) is 32.9 Å². The smallest absolute Gasteiger partial charge is 0.223 e. The van der Waals surface area contributed by atoms with Gasteiger partial charge in [0.15, 0.2) is 0 Å². The van der Waals surface area contributed by atoms with Gasteiger partial charge in [-0.05, 0) is 84.8 Å². The van der Waals surface area contributed by atoms with Crippen LogP contribution in [0.4, 0.5) is 4.39 Å². The number of fused-ring (bicyclic) bond motifs is 3. The van der Waals surface area contributed by atoms with E-state index in [1.807, 2.05) is 5.38 Å². The fraction of sp³-hybridized carbons (Fsp3) is 0.472. The van der Waals surface area contributed by atoms with Crippen LogP contribution >= 0.6 is 11.3 Å². The van der Waals surface area contributed by atoms with Gasteiger partial charge in [0, 0.05) is 41.6 Å². The number of ether oxygens (including phenoxy) is 2. The van der Waals surface area contributed by atoms with Crippen molar-refractivity contribution in [1.29, 1.82) is 0 Å². The highest BCUT2D eigenvalue weighted by Crippen LogP contribution is 2.43. The molecule has 2 fully saturated rings. The highest BCUT2D eigenvalue weighted by Gasteiger charge is 2.34. The number of hydrogen-bond acceptors (Lipinski definition) is 7. The van der Waals surface area contributed by atoms with Crippen LogP contribution in [0.25, 0.3) is 32.6 Å². The van der Waals surface area contributed by atoms with Crippen molar-refractivity contribution in [1.82, 2.24) is 20.8 Å². The Bertz CT molecular complexity index is 1660. The number of amides is 1. The van der Waals surface area contributed by atoms with Gasteiger partial charge >= 0.3 is 0 Å². The maximum absolute atomic E-state index is 14.3. The first-order valence-electron chi connectivity index (χ1n) is 16.5. The molecule has 9 heteroatoms. The molecule has 2 aliphatic carbocycles. The molecule has 3 atom stereocenters. The Kier molecular flexibility index (Phi) is 9.37. The number of halogens is 1. The Morgan fingerprint density at radius 1 is 0.956 bits per heavy atom. The number of carbonyl (C=O) groups is 1. The number of thiophene rings is 1. The quantitative estimate of drug-likeness (QED) is 0.185. The molecule has 0 bridgehead atoms. The largest absolute Gasteiger partial charge is 0.490 e. The van der Waals surface area contributed by atoms with E-state index in [1.54, 1.807) is 17.4 Å². The van der Waals surface area contributed by atoms with Crippen molar-refractivity contribution in [2.45, 2.75) is 57.9 Å². The molecule has 7 nitrogen and oxygen atoms in total. The Labute approximate surface area is 267 Å². The molecular formula is C36H41FN4O3S. The zero-order valence-corrected chi connectivity index (χ0v) is 26.5. The highest BCUT2D eigenvalue weighted by atomic mass is 32.1. The topological polar surface area (TPSA) is 85.4 Å². The van der Waals surface area contributed by atoms with E-state index in [0.717, 1.165) is 65.5 Å². The SMILES string of the molecule is O=C(NCCOCCOc1cc(F)ccc1-c1nnc(-c2ccc3c(c2)CCNC3)c2ccsc12)C1CCC2CCCCC2C1. The number of carbonyl (C=O) groups excluding carboxylic acids is 1. The molecule has 3 heterocycles. The molecule has 3 unspecified atom stereocenters. The maximum atomic E-state index is 14.3. The van der Waals surface area contributed by atoms with Crippen LogP contribution < -0.4 is 15.4 Å². The number of hydrogen-bond donors (Lipinski definition) is 2. The van der Waals surface area contributed by atoms with E-state index in [-0.39, 0.29) is 24.2 Å². The monoisotopic (exact) mass is 628 g/mol. The van der Waals surface area contributed by atoms with Gasteiger partial charge in [-0.25, -0.2) is 4.39 Å². The lowest BCUT2D eigenvalue weighted by molar-refractivity contribution is -0.127. The summed E-state index contributed by atoms with van der Waals surface area (Å²) in [5.41, 5.74) is 5.95. The third-order valence-corrected chi connectivity index (χ3v) is 10.8. The third kappa shape index (κ3) is 6.76. The minimum Gasteiger partial charge on any atom is -0.490 e. The van der Waals surface area contributed by atoms with E-state index in [9.17, 15) is 9.18 Å². The van der Waals surface area contributed by atoms with Crippen molar-refractivity contribution in [3.05, 3.63) is 64.8 Å². The van der Waals surface area contributed by atoms with Gasteiger partial charge in [0.05, 0.1) is 17.9 Å². The van der Waals surface area contributed by atoms with Gasteiger partial charge in [-0.15, -0.1) is 21.5 Å². The second kappa shape index (κ2) is 13.9. The van der Waals surface area contributed by atoms with E-state index in [2.05, 4.69) is 45.1 Å². The molecule has 2 N–H and O–H groups in total. The van der Waals surface area contributed by atoms with Crippen LogP contribution in [0.5, 0.6) is 5.75 Å². The van der Waals surface area contributed by atoms with Crippen molar-refractivity contribution >= 4 is 27.3 Å².